The van der Waals surface area contributed by atoms with Crippen molar-refractivity contribution in [2.45, 2.75) is 13.8 Å². The van der Waals surface area contributed by atoms with E-state index in [1.165, 1.54) is 13.1 Å². The summed E-state index contributed by atoms with van der Waals surface area (Å²) >= 11 is 0. The lowest BCUT2D eigenvalue weighted by Gasteiger charge is -2.11. The Morgan fingerprint density at radius 1 is 1.21 bits per heavy atom. The van der Waals surface area contributed by atoms with Gasteiger partial charge in [0, 0.05) is 0 Å². The van der Waals surface area contributed by atoms with Gasteiger partial charge in [-0.15, -0.1) is 0 Å². The van der Waals surface area contributed by atoms with Crippen LogP contribution >= 0.6 is 0 Å². The highest BCUT2D eigenvalue weighted by molar-refractivity contribution is 5.99. The van der Waals surface area contributed by atoms with Crippen LogP contribution in [0.3, 0.4) is 0 Å². The van der Waals surface area contributed by atoms with Crippen molar-refractivity contribution in [1.29, 1.82) is 0 Å². The monoisotopic (exact) mass is 261 g/mol. The Kier molecular flexibility index (Phi) is 3.55. The van der Waals surface area contributed by atoms with Crippen LogP contribution in [0.5, 0.6) is 11.5 Å². The Labute approximate surface area is 111 Å². The Morgan fingerprint density at radius 2 is 1.89 bits per heavy atom. The normalized spacial score (nSPS) is 10.3. The van der Waals surface area contributed by atoms with E-state index in [2.05, 4.69) is 5.16 Å². The molecule has 0 saturated carbocycles. The summed E-state index contributed by atoms with van der Waals surface area (Å²) in [5.74, 6) is 1.58. The van der Waals surface area contributed by atoms with Gasteiger partial charge < -0.3 is 14.0 Å². The van der Waals surface area contributed by atoms with Crippen molar-refractivity contribution < 1.29 is 18.8 Å². The van der Waals surface area contributed by atoms with E-state index in [9.17, 15) is 4.79 Å². The molecule has 0 spiro atoms. The third-order valence-corrected chi connectivity index (χ3v) is 2.91. The van der Waals surface area contributed by atoms with Crippen molar-refractivity contribution in [2.75, 3.05) is 14.2 Å². The van der Waals surface area contributed by atoms with E-state index < -0.39 is 0 Å². The van der Waals surface area contributed by atoms with Crippen LogP contribution in [0.1, 0.15) is 22.8 Å². The average molecular weight is 261 g/mol. The first-order valence-corrected chi connectivity index (χ1v) is 5.77. The zero-order valence-corrected chi connectivity index (χ0v) is 11.3. The quantitative estimate of drug-likeness (QED) is 0.792. The van der Waals surface area contributed by atoms with Gasteiger partial charge in [0.25, 0.3) is 0 Å². The van der Waals surface area contributed by atoms with Crippen LogP contribution in [0, 0.1) is 6.92 Å². The number of hydrogen-bond acceptors (Lipinski definition) is 5. The molecule has 0 aliphatic heterocycles. The Bertz CT molecular complexity index is 616. The molecule has 0 fully saturated rings. The smallest absolute Gasteiger partial charge is 0.181 e. The number of ketones is 1. The first-order valence-electron chi connectivity index (χ1n) is 5.77. The average Bonchev–Trinajstić information content (AvgIpc) is 2.87. The summed E-state index contributed by atoms with van der Waals surface area (Å²) in [4.78, 5) is 11.5. The number of benzene rings is 1. The summed E-state index contributed by atoms with van der Waals surface area (Å²) in [6.45, 7) is 3.38. The largest absolute Gasteiger partial charge is 0.496 e. The molecule has 100 valence electrons. The van der Waals surface area contributed by atoms with Gasteiger partial charge >= 0.3 is 0 Å². The fraction of sp³-hybridized carbons (Fsp3) is 0.286. The first-order chi connectivity index (χ1) is 9.08. The summed E-state index contributed by atoms with van der Waals surface area (Å²) in [7, 11) is 3.15. The Morgan fingerprint density at radius 3 is 2.47 bits per heavy atom. The van der Waals surface area contributed by atoms with Crippen molar-refractivity contribution in [3.05, 3.63) is 29.5 Å². The second-order valence-electron chi connectivity index (χ2n) is 4.15. The highest BCUT2D eigenvalue weighted by atomic mass is 16.5. The number of aryl methyl sites for hydroxylation is 1. The molecule has 0 radical (unpaired) electrons. The SMILES string of the molecule is COc1cc(-c2oncc2C(C)=O)c(OC)cc1C. The summed E-state index contributed by atoms with van der Waals surface area (Å²) in [5.41, 5.74) is 2.00. The van der Waals surface area contributed by atoms with E-state index >= 15 is 0 Å². The molecular weight excluding hydrogens is 246 g/mol. The number of hydrogen-bond donors (Lipinski definition) is 0. The van der Waals surface area contributed by atoms with E-state index in [0.29, 0.717) is 28.4 Å². The lowest BCUT2D eigenvalue weighted by molar-refractivity contribution is 0.101. The molecule has 0 saturated heterocycles. The fourth-order valence-corrected chi connectivity index (χ4v) is 1.91. The van der Waals surface area contributed by atoms with Crippen molar-refractivity contribution in [2.24, 2.45) is 0 Å². The molecule has 0 atom stereocenters. The summed E-state index contributed by atoms with van der Waals surface area (Å²) in [6.07, 6.45) is 1.41. The molecule has 1 aromatic carbocycles. The summed E-state index contributed by atoms with van der Waals surface area (Å²) in [6, 6.07) is 3.61. The maximum absolute atomic E-state index is 11.5. The zero-order chi connectivity index (χ0) is 14.0. The molecule has 0 unspecified atom stereocenters. The third kappa shape index (κ3) is 2.31. The van der Waals surface area contributed by atoms with Crippen molar-refractivity contribution >= 4 is 5.78 Å². The van der Waals surface area contributed by atoms with Crippen LogP contribution in [0.2, 0.25) is 0 Å². The van der Waals surface area contributed by atoms with E-state index in [0.717, 1.165) is 5.56 Å². The third-order valence-electron chi connectivity index (χ3n) is 2.91. The highest BCUT2D eigenvalue weighted by Crippen LogP contribution is 2.37. The molecule has 5 nitrogen and oxygen atoms in total. The van der Waals surface area contributed by atoms with Crippen LogP contribution in [-0.2, 0) is 0 Å². The summed E-state index contributed by atoms with van der Waals surface area (Å²) in [5, 5.41) is 3.68. The van der Waals surface area contributed by atoms with Gasteiger partial charge in [-0.25, -0.2) is 0 Å². The number of methoxy groups -OCH3 is 2. The van der Waals surface area contributed by atoms with Crippen LogP contribution < -0.4 is 9.47 Å². The second kappa shape index (κ2) is 5.14. The van der Waals surface area contributed by atoms with E-state index in [4.69, 9.17) is 14.0 Å². The van der Waals surface area contributed by atoms with Gasteiger partial charge in [-0.1, -0.05) is 5.16 Å². The minimum absolute atomic E-state index is 0.113. The Balaban J connectivity index is 2.66. The fourth-order valence-electron chi connectivity index (χ4n) is 1.91. The molecule has 1 aromatic heterocycles. The maximum Gasteiger partial charge on any atom is 0.181 e. The van der Waals surface area contributed by atoms with E-state index in [-0.39, 0.29) is 5.78 Å². The molecule has 2 aromatic rings. The Hall–Kier alpha value is -2.30. The standard InChI is InChI=1S/C14H15NO4/c1-8-5-13(18-4)10(6-12(8)17-3)14-11(9(2)16)7-15-19-14/h5-7H,1-4H3. The predicted octanol–water partition coefficient (Wildman–Crippen LogP) is 2.87. The van der Waals surface area contributed by atoms with Gasteiger partial charge in [0.1, 0.15) is 11.5 Å². The van der Waals surface area contributed by atoms with Crippen LogP contribution in [-0.4, -0.2) is 25.2 Å². The van der Waals surface area contributed by atoms with E-state index in [1.54, 1.807) is 20.3 Å². The van der Waals surface area contributed by atoms with Crippen LogP contribution in [0.15, 0.2) is 22.9 Å². The molecule has 1 heterocycles. The second-order valence-corrected chi connectivity index (χ2v) is 4.15. The predicted molar refractivity (Wildman–Crippen MR) is 69.8 cm³/mol. The van der Waals surface area contributed by atoms with Gasteiger partial charge in [0.05, 0.1) is 31.5 Å². The minimum Gasteiger partial charge on any atom is -0.496 e. The van der Waals surface area contributed by atoms with Gasteiger partial charge in [-0.3, -0.25) is 4.79 Å². The molecule has 0 bridgehead atoms. The number of nitrogens with zero attached hydrogens (tertiary/aromatic N) is 1. The van der Waals surface area contributed by atoms with Gasteiger partial charge in [-0.05, 0) is 31.5 Å². The number of carbonyl (C=O) groups excluding carboxylic acids is 1. The van der Waals surface area contributed by atoms with Crippen LogP contribution in [0.4, 0.5) is 0 Å². The molecule has 5 heteroatoms. The molecule has 0 aliphatic carbocycles. The minimum atomic E-state index is -0.113. The first kappa shape index (κ1) is 13.1. The molecular formula is C14H15NO4. The number of ether oxygens (including phenoxy) is 2. The molecule has 0 N–H and O–H groups in total. The van der Waals surface area contributed by atoms with E-state index in [1.807, 2.05) is 13.0 Å². The van der Waals surface area contributed by atoms with Gasteiger partial charge in [0.2, 0.25) is 0 Å². The summed E-state index contributed by atoms with van der Waals surface area (Å²) < 4.78 is 15.8. The molecule has 19 heavy (non-hydrogen) atoms. The molecule has 0 amide bonds. The lowest BCUT2D eigenvalue weighted by atomic mass is 10.0. The molecule has 2 rings (SSSR count). The molecule has 0 aliphatic rings. The number of rotatable bonds is 4. The van der Waals surface area contributed by atoms with Crippen molar-refractivity contribution in [3.8, 4) is 22.8 Å². The number of aromatic nitrogens is 1. The van der Waals surface area contributed by atoms with Gasteiger partial charge in [-0.2, -0.15) is 0 Å². The topological polar surface area (TPSA) is 61.6 Å². The van der Waals surface area contributed by atoms with Crippen molar-refractivity contribution in [1.82, 2.24) is 5.16 Å². The van der Waals surface area contributed by atoms with Gasteiger partial charge in [0.15, 0.2) is 11.5 Å². The number of Topliss-reactive ketones (excluding diaryl/α,β-unsaturated/α-hetero) is 1. The highest BCUT2D eigenvalue weighted by Gasteiger charge is 2.20. The maximum atomic E-state index is 11.5. The number of carbonyl (C=O) groups is 1. The van der Waals surface area contributed by atoms with Crippen molar-refractivity contribution in [3.63, 3.8) is 0 Å². The lowest BCUT2D eigenvalue weighted by Crippen LogP contribution is -1.96. The van der Waals surface area contributed by atoms with Crippen LogP contribution in [0.25, 0.3) is 11.3 Å². The zero-order valence-electron chi connectivity index (χ0n) is 11.3.